The van der Waals surface area contributed by atoms with Gasteiger partial charge in [-0.25, -0.2) is 0 Å². The van der Waals surface area contributed by atoms with E-state index in [9.17, 15) is 9.59 Å². The zero-order valence-corrected chi connectivity index (χ0v) is 18.1. The Labute approximate surface area is 183 Å². The molecule has 2 amide bonds. The number of hydrogen-bond acceptors (Lipinski definition) is 3. The number of amides is 2. The van der Waals surface area contributed by atoms with Gasteiger partial charge in [0.15, 0.2) is 0 Å². The van der Waals surface area contributed by atoms with E-state index in [4.69, 9.17) is 17.3 Å². The van der Waals surface area contributed by atoms with Gasteiger partial charge < -0.3 is 16.0 Å². The summed E-state index contributed by atoms with van der Waals surface area (Å²) in [5, 5.41) is 3.45. The van der Waals surface area contributed by atoms with Crippen LogP contribution < -0.4 is 11.1 Å². The Morgan fingerprint density at radius 1 is 1.07 bits per heavy atom. The fraction of sp³-hybridized carbons (Fsp3) is 0.364. The first-order valence-electron chi connectivity index (χ1n) is 9.52. The molecule has 2 aromatic rings. The van der Waals surface area contributed by atoms with Crippen LogP contribution in [0.5, 0.6) is 0 Å². The molecule has 0 radical (unpaired) electrons. The third kappa shape index (κ3) is 5.50. The lowest BCUT2D eigenvalue weighted by Crippen LogP contribution is -2.51. The lowest BCUT2D eigenvalue weighted by molar-refractivity contribution is -0.133. The van der Waals surface area contributed by atoms with Crippen molar-refractivity contribution in [2.75, 3.05) is 13.1 Å². The lowest BCUT2D eigenvalue weighted by Gasteiger charge is -2.27. The predicted molar refractivity (Wildman–Crippen MR) is 119 cm³/mol. The van der Waals surface area contributed by atoms with Gasteiger partial charge in [0.25, 0.3) is 5.91 Å². The number of carbonyl (C=O) groups excluding carboxylic acids is 2. The van der Waals surface area contributed by atoms with Crippen LogP contribution in [0.4, 0.5) is 0 Å². The molecule has 1 unspecified atom stereocenters. The zero-order chi connectivity index (χ0) is 20.3. The fourth-order valence-corrected chi connectivity index (χ4v) is 3.72. The van der Waals surface area contributed by atoms with Gasteiger partial charge in [0, 0.05) is 35.6 Å². The van der Waals surface area contributed by atoms with E-state index in [-0.39, 0.29) is 42.1 Å². The molecule has 1 aliphatic rings. The largest absolute Gasteiger partial charge is 0.340 e. The summed E-state index contributed by atoms with van der Waals surface area (Å²) in [5.41, 5.74) is 7.94. The van der Waals surface area contributed by atoms with Crippen LogP contribution in [0.15, 0.2) is 54.6 Å². The van der Waals surface area contributed by atoms with Gasteiger partial charge >= 0.3 is 0 Å². The number of likely N-dealkylation sites (tertiary alicyclic amines) is 1. The molecule has 1 fully saturated rings. The second kappa shape index (κ2) is 10.1. The second-order valence-electron chi connectivity index (χ2n) is 7.63. The second-order valence-corrected chi connectivity index (χ2v) is 8.06. The summed E-state index contributed by atoms with van der Waals surface area (Å²) < 4.78 is 0. The third-order valence-corrected chi connectivity index (χ3v) is 5.48. The van der Waals surface area contributed by atoms with Crippen molar-refractivity contribution in [1.82, 2.24) is 10.2 Å². The number of rotatable bonds is 5. The van der Waals surface area contributed by atoms with E-state index < -0.39 is 6.04 Å². The number of nitrogens with one attached hydrogen (secondary N) is 1. The van der Waals surface area contributed by atoms with E-state index in [1.807, 2.05) is 44.2 Å². The van der Waals surface area contributed by atoms with Gasteiger partial charge in [-0.1, -0.05) is 55.8 Å². The molecule has 7 heteroatoms. The number of benzene rings is 2. The van der Waals surface area contributed by atoms with Gasteiger partial charge in [-0.3, -0.25) is 9.59 Å². The minimum atomic E-state index is -0.607. The molecule has 0 aromatic heterocycles. The summed E-state index contributed by atoms with van der Waals surface area (Å²) in [6, 6.07) is 15.9. The van der Waals surface area contributed by atoms with E-state index >= 15 is 0 Å². The first kappa shape index (κ1) is 23.2. The summed E-state index contributed by atoms with van der Waals surface area (Å²) >= 11 is 5.88. The SMILES string of the molecule is CC(C)C(NC(=O)c1ccc(Cl)cc1)C(=O)N1C[C@@H](N)[C@H](c2ccccc2)C1.Cl. The van der Waals surface area contributed by atoms with Crippen molar-refractivity contribution in [3.8, 4) is 0 Å². The summed E-state index contributed by atoms with van der Waals surface area (Å²) in [6.45, 7) is 4.90. The average molecular weight is 436 g/mol. The van der Waals surface area contributed by atoms with Crippen LogP contribution in [-0.4, -0.2) is 41.9 Å². The van der Waals surface area contributed by atoms with Crippen LogP contribution in [0, 0.1) is 5.92 Å². The van der Waals surface area contributed by atoms with Gasteiger partial charge in [0.1, 0.15) is 6.04 Å². The summed E-state index contributed by atoms with van der Waals surface area (Å²) in [6.07, 6.45) is 0. The normalized spacial score (nSPS) is 19.6. The van der Waals surface area contributed by atoms with Crippen LogP contribution in [-0.2, 0) is 4.79 Å². The zero-order valence-electron chi connectivity index (χ0n) is 16.5. The minimum Gasteiger partial charge on any atom is -0.340 e. The molecule has 156 valence electrons. The molecular weight excluding hydrogens is 409 g/mol. The van der Waals surface area contributed by atoms with Crippen LogP contribution in [0.2, 0.25) is 5.02 Å². The van der Waals surface area contributed by atoms with Crippen molar-refractivity contribution in [1.29, 1.82) is 0 Å². The molecule has 1 aliphatic heterocycles. The van der Waals surface area contributed by atoms with Crippen molar-refractivity contribution in [2.24, 2.45) is 11.7 Å². The van der Waals surface area contributed by atoms with E-state index in [1.165, 1.54) is 0 Å². The molecule has 0 bridgehead atoms. The molecule has 0 aliphatic carbocycles. The topological polar surface area (TPSA) is 75.4 Å². The quantitative estimate of drug-likeness (QED) is 0.754. The molecule has 1 saturated heterocycles. The van der Waals surface area contributed by atoms with Gasteiger partial charge in [-0.15, -0.1) is 12.4 Å². The summed E-state index contributed by atoms with van der Waals surface area (Å²) in [7, 11) is 0. The van der Waals surface area contributed by atoms with Gasteiger partial charge in [0.2, 0.25) is 5.91 Å². The number of halogens is 2. The third-order valence-electron chi connectivity index (χ3n) is 5.23. The van der Waals surface area contributed by atoms with Gasteiger partial charge in [-0.05, 0) is 35.7 Å². The Kier molecular flexibility index (Phi) is 8.08. The highest BCUT2D eigenvalue weighted by Crippen LogP contribution is 2.27. The molecule has 29 heavy (non-hydrogen) atoms. The number of hydrogen-bond donors (Lipinski definition) is 2. The van der Waals surface area contributed by atoms with Crippen LogP contribution in [0.3, 0.4) is 0 Å². The number of nitrogens with two attached hydrogens (primary N) is 1. The lowest BCUT2D eigenvalue weighted by atomic mass is 9.95. The highest BCUT2D eigenvalue weighted by atomic mass is 35.5. The van der Waals surface area contributed by atoms with Crippen LogP contribution >= 0.6 is 24.0 Å². The van der Waals surface area contributed by atoms with Crippen molar-refractivity contribution in [3.63, 3.8) is 0 Å². The summed E-state index contributed by atoms with van der Waals surface area (Å²) in [4.78, 5) is 27.5. The van der Waals surface area contributed by atoms with Crippen molar-refractivity contribution < 1.29 is 9.59 Å². The van der Waals surface area contributed by atoms with Gasteiger partial charge in [0.05, 0.1) is 0 Å². The molecule has 3 atom stereocenters. The van der Waals surface area contributed by atoms with E-state index in [2.05, 4.69) is 5.32 Å². The molecule has 0 saturated carbocycles. The molecule has 0 spiro atoms. The standard InChI is InChI=1S/C22H26ClN3O2.ClH/c1-14(2)20(25-21(27)16-8-10-17(23)11-9-16)22(28)26-12-18(19(24)13-26)15-6-4-3-5-7-15;/h3-11,14,18-20H,12-13,24H2,1-2H3,(H,25,27);1H/t18-,19+,20?;/m0./s1. The van der Waals surface area contributed by atoms with E-state index in [0.29, 0.717) is 23.7 Å². The molecule has 2 aromatic carbocycles. The van der Waals surface area contributed by atoms with Gasteiger partial charge in [-0.2, -0.15) is 0 Å². The first-order valence-corrected chi connectivity index (χ1v) is 9.90. The Bertz CT molecular complexity index is 828. The average Bonchev–Trinajstić information content (AvgIpc) is 3.08. The van der Waals surface area contributed by atoms with Crippen molar-refractivity contribution >= 4 is 35.8 Å². The maximum absolute atomic E-state index is 13.2. The van der Waals surface area contributed by atoms with E-state index in [1.54, 1.807) is 29.2 Å². The Morgan fingerprint density at radius 3 is 2.28 bits per heavy atom. The highest BCUT2D eigenvalue weighted by Gasteiger charge is 2.37. The van der Waals surface area contributed by atoms with Crippen LogP contribution in [0.25, 0.3) is 0 Å². The Hall–Kier alpha value is -2.08. The molecular formula is C22H27Cl2N3O2. The van der Waals surface area contributed by atoms with E-state index in [0.717, 1.165) is 5.56 Å². The maximum atomic E-state index is 13.2. The minimum absolute atomic E-state index is 0. The Morgan fingerprint density at radius 2 is 1.69 bits per heavy atom. The van der Waals surface area contributed by atoms with Crippen molar-refractivity contribution in [2.45, 2.75) is 31.8 Å². The summed E-state index contributed by atoms with van der Waals surface area (Å²) in [5.74, 6) is -0.321. The highest BCUT2D eigenvalue weighted by molar-refractivity contribution is 6.30. The monoisotopic (exact) mass is 435 g/mol. The molecule has 5 nitrogen and oxygen atoms in total. The number of nitrogens with zero attached hydrogens (tertiary/aromatic N) is 1. The smallest absolute Gasteiger partial charge is 0.251 e. The maximum Gasteiger partial charge on any atom is 0.251 e. The Balaban J connectivity index is 0.00000300. The molecule has 3 N–H and O–H groups in total. The van der Waals surface area contributed by atoms with Crippen molar-refractivity contribution in [3.05, 3.63) is 70.7 Å². The molecule has 1 heterocycles. The number of carbonyl (C=O) groups is 2. The predicted octanol–water partition coefficient (Wildman–Crippen LogP) is 3.47. The van der Waals surface area contributed by atoms with Crippen LogP contribution in [0.1, 0.15) is 35.7 Å². The first-order chi connectivity index (χ1) is 13.4. The molecule has 3 rings (SSSR count). The fourth-order valence-electron chi connectivity index (χ4n) is 3.60.